The first kappa shape index (κ1) is 82.3. The quantitative estimate of drug-likeness (QED) is 0.0320. The molecule has 6 nitrogen and oxygen atoms in total. The lowest BCUT2D eigenvalue weighted by Gasteiger charge is -2.22. The van der Waals surface area contributed by atoms with Gasteiger partial charge in [-0.1, -0.05) is 372 Å². The Morgan fingerprint density at radius 1 is 0.321 bits per heavy atom. The van der Waals surface area contributed by atoms with Crippen LogP contribution in [0.2, 0.25) is 0 Å². The smallest absolute Gasteiger partial charge is 0.305 e. The number of aliphatic hydroxyl groups excluding tert-OH is 2. The number of allylic oxidation sites excluding steroid dienone is 4. The van der Waals surface area contributed by atoms with Gasteiger partial charge >= 0.3 is 5.97 Å². The normalized spacial score (nSPS) is 12.6. The van der Waals surface area contributed by atoms with Crippen molar-refractivity contribution in [1.82, 2.24) is 5.32 Å². The Kier molecular flexibility index (Phi) is 72.3. The molecule has 0 aromatic rings. The van der Waals surface area contributed by atoms with Gasteiger partial charge in [0.05, 0.1) is 25.4 Å². The molecule has 2 unspecified atom stereocenters. The van der Waals surface area contributed by atoms with Gasteiger partial charge < -0.3 is 20.3 Å². The van der Waals surface area contributed by atoms with Gasteiger partial charge in [-0.15, -0.1) is 0 Å². The van der Waals surface area contributed by atoms with E-state index in [2.05, 4.69) is 43.5 Å². The number of ether oxygens (including phenoxy) is 1. The first-order valence-electron chi connectivity index (χ1n) is 38.6. The van der Waals surface area contributed by atoms with E-state index in [4.69, 9.17) is 4.74 Å². The molecule has 0 bridgehead atoms. The van der Waals surface area contributed by atoms with Crippen molar-refractivity contribution in [2.24, 2.45) is 0 Å². The van der Waals surface area contributed by atoms with Gasteiger partial charge in [0.15, 0.2) is 0 Å². The number of hydrogen-bond acceptors (Lipinski definition) is 5. The molecule has 0 heterocycles. The van der Waals surface area contributed by atoms with Crippen molar-refractivity contribution in [2.45, 2.75) is 450 Å². The highest BCUT2D eigenvalue weighted by molar-refractivity contribution is 5.76. The van der Waals surface area contributed by atoms with Crippen LogP contribution in [0.5, 0.6) is 0 Å². The van der Waals surface area contributed by atoms with Gasteiger partial charge in [0.25, 0.3) is 0 Å². The van der Waals surface area contributed by atoms with Crippen molar-refractivity contribution in [3.63, 3.8) is 0 Å². The van der Waals surface area contributed by atoms with Crippen molar-refractivity contribution < 1.29 is 24.5 Å². The van der Waals surface area contributed by atoms with E-state index in [1.54, 1.807) is 0 Å². The summed E-state index contributed by atoms with van der Waals surface area (Å²) >= 11 is 0. The summed E-state index contributed by atoms with van der Waals surface area (Å²) < 4.78 is 5.51. The molecule has 498 valence electrons. The van der Waals surface area contributed by atoms with Gasteiger partial charge in [-0.2, -0.15) is 0 Å². The number of hydrogen-bond donors (Lipinski definition) is 3. The maximum atomic E-state index is 12.5. The summed E-state index contributed by atoms with van der Waals surface area (Å²) in [7, 11) is 0. The lowest BCUT2D eigenvalue weighted by Crippen LogP contribution is -2.45. The van der Waals surface area contributed by atoms with Gasteiger partial charge in [-0.05, 0) is 77.0 Å². The summed E-state index contributed by atoms with van der Waals surface area (Å²) in [5.74, 6) is -0.00975. The van der Waals surface area contributed by atoms with Crippen LogP contribution in [-0.2, 0) is 14.3 Å². The van der Waals surface area contributed by atoms with Crippen molar-refractivity contribution >= 4 is 11.9 Å². The Morgan fingerprint density at radius 3 is 0.845 bits per heavy atom. The highest BCUT2D eigenvalue weighted by atomic mass is 16.5. The third kappa shape index (κ3) is 69.4. The predicted molar refractivity (Wildman–Crippen MR) is 370 cm³/mol. The zero-order valence-corrected chi connectivity index (χ0v) is 57.2. The van der Waals surface area contributed by atoms with Gasteiger partial charge in [-0.25, -0.2) is 0 Å². The van der Waals surface area contributed by atoms with E-state index in [1.807, 2.05) is 0 Å². The van der Waals surface area contributed by atoms with Crippen molar-refractivity contribution in [1.29, 1.82) is 0 Å². The average molecular weight is 1180 g/mol. The van der Waals surface area contributed by atoms with E-state index < -0.39 is 12.1 Å². The summed E-state index contributed by atoms with van der Waals surface area (Å²) in [4.78, 5) is 24.6. The molecule has 3 N–H and O–H groups in total. The minimum absolute atomic E-state index is 0.0203. The molecule has 0 fully saturated rings. The molecule has 0 aromatic heterocycles. The monoisotopic (exact) mass is 1180 g/mol. The maximum Gasteiger partial charge on any atom is 0.305 e. The Labute approximate surface area is 526 Å². The summed E-state index contributed by atoms with van der Waals surface area (Å²) in [5, 5.41) is 23.2. The van der Waals surface area contributed by atoms with Crippen molar-refractivity contribution in [3.8, 4) is 0 Å². The molecule has 2 atom stereocenters. The van der Waals surface area contributed by atoms with E-state index >= 15 is 0 Å². The van der Waals surface area contributed by atoms with Crippen LogP contribution in [0.3, 0.4) is 0 Å². The largest absolute Gasteiger partial charge is 0.466 e. The zero-order chi connectivity index (χ0) is 60.6. The van der Waals surface area contributed by atoms with Crippen LogP contribution in [0.15, 0.2) is 24.3 Å². The molecule has 0 rings (SSSR count). The number of aliphatic hydroxyl groups is 2. The standard InChI is InChI=1S/C78H151NO5/c1-3-5-7-9-11-13-15-16-17-18-43-46-49-52-56-60-64-68-72-78(83)84-73-69-65-61-57-53-50-47-44-41-39-37-35-33-31-29-27-25-23-21-19-20-22-24-26-28-30-32-34-36-38-40-42-45-48-51-55-59-63-67-71-77(82)79-75(74-80)76(81)70-66-62-58-54-14-12-10-8-6-4-2/h17-20,75-76,80-81H,3-16,21-74H2,1-2H3,(H,79,82)/b18-17-,20-19-. The van der Waals surface area contributed by atoms with Crippen LogP contribution < -0.4 is 5.32 Å². The number of unbranched alkanes of at least 4 members (excludes halogenated alkanes) is 58. The van der Waals surface area contributed by atoms with Crippen LogP contribution in [-0.4, -0.2) is 47.4 Å². The molecular formula is C78H151NO5. The van der Waals surface area contributed by atoms with E-state index in [-0.39, 0.29) is 18.5 Å². The fraction of sp³-hybridized carbons (Fsp3) is 0.923. The summed E-state index contributed by atoms with van der Waals surface area (Å²) in [6.07, 6.45) is 94.3. The molecule has 0 aliphatic heterocycles. The molecule has 6 heteroatoms. The molecule has 0 spiro atoms. The Hall–Kier alpha value is -1.66. The van der Waals surface area contributed by atoms with Gasteiger partial charge in [0.2, 0.25) is 5.91 Å². The first-order chi connectivity index (χ1) is 41.5. The van der Waals surface area contributed by atoms with Gasteiger partial charge in [0.1, 0.15) is 0 Å². The number of carbonyl (C=O) groups is 2. The van der Waals surface area contributed by atoms with Crippen LogP contribution in [0.25, 0.3) is 0 Å². The molecular weight excluding hydrogens is 1030 g/mol. The Balaban J connectivity index is 3.29. The minimum Gasteiger partial charge on any atom is -0.466 e. The van der Waals surface area contributed by atoms with Crippen LogP contribution in [0.1, 0.15) is 438 Å². The Morgan fingerprint density at radius 2 is 0.560 bits per heavy atom. The topological polar surface area (TPSA) is 95.9 Å². The molecule has 84 heavy (non-hydrogen) atoms. The average Bonchev–Trinajstić information content (AvgIpc) is 3.51. The molecule has 0 aliphatic carbocycles. The second-order valence-electron chi connectivity index (χ2n) is 26.7. The fourth-order valence-electron chi connectivity index (χ4n) is 12.3. The SMILES string of the molecule is CCCCCCCCC/C=C\CCCCCCCCCC(=O)OCCCCCCCCCCCCCCCCCCCC/C=C\CCCCCCCCCCCCCCCCCCCC(=O)NC(CO)C(O)CCCCCCCCCCCC. The van der Waals surface area contributed by atoms with Crippen molar-refractivity contribution in [3.05, 3.63) is 24.3 Å². The molecule has 0 radical (unpaired) electrons. The second-order valence-corrected chi connectivity index (χ2v) is 26.7. The van der Waals surface area contributed by atoms with E-state index in [1.165, 1.54) is 366 Å². The zero-order valence-electron chi connectivity index (χ0n) is 57.2. The fourth-order valence-corrected chi connectivity index (χ4v) is 12.3. The number of rotatable bonds is 73. The lowest BCUT2D eigenvalue weighted by atomic mass is 10.0. The van der Waals surface area contributed by atoms with E-state index in [9.17, 15) is 19.8 Å². The van der Waals surface area contributed by atoms with Crippen molar-refractivity contribution in [2.75, 3.05) is 13.2 Å². The van der Waals surface area contributed by atoms with Gasteiger partial charge in [-0.3, -0.25) is 9.59 Å². The third-order valence-electron chi connectivity index (χ3n) is 18.2. The summed E-state index contributed by atoms with van der Waals surface area (Å²) in [6.45, 7) is 4.97. The van der Waals surface area contributed by atoms with Gasteiger partial charge in [0, 0.05) is 12.8 Å². The third-order valence-corrected chi connectivity index (χ3v) is 18.2. The lowest BCUT2D eigenvalue weighted by molar-refractivity contribution is -0.143. The molecule has 0 saturated carbocycles. The molecule has 0 aliphatic rings. The highest BCUT2D eigenvalue weighted by Crippen LogP contribution is 2.19. The summed E-state index contributed by atoms with van der Waals surface area (Å²) in [6, 6.07) is -0.536. The van der Waals surface area contributed by atoms with Crippen LogP contribution in [0.4, 0.5) is 0 Å². The molecule has 0 aromatic carbocycles. The number of carbonyl (C=O) groups excluding carboxylic acids is 2. The second kappa shape index (κ2) is 73.8. The first-order valence-corrected chi connectivity index (χ1v) is 38.6. The number of nitrogens with one attached hydrogen (secondary N) is 1. The minimum atomic E-state index is -0.659. The van der Waals surface area contributed by atoms with E-state index in [0.717, 1.165) is 38.5 Å². The summed E-state index contributed by atoms with van der Waals surface area (Å²) in [5.41, 5.74) is 0. The van der Waals surface area contributed by atoms with Crippen LogP contribution in [0, 0.1) is 0 Å². The number of esters is 1. The molecule has 0 saturated heterocycles. The van der Waals surface area contributed by atoms with Crippen LogP contribution >= 0.6 is 0 Å². The molecule has 1 amide bonds. The number of amides is 1. The maximum absolute atomic E-state index is 12.5. The highest BCUT2D eigenvalue weighted by Gasteiger charge is 2.20. The van der Waals surface area contributed by atoms with E-state index in [0.29, 0.717) is 25.9 Å². The Bertz CT molecular complexity index is 1320. The predicted octanol–water partition coefficient (Wildman–Crippen LogP) is 25.3.